The summed E-state index contributed by atoms with van der Waals surface area (Å²) in [4.78, 5) is 11.2. The van der Waals surface area contributed by atoms with Crippen LogP contribution in [0.3, 0.4) is 0 Å². The molecule has 0 saturated carbocycles. The Kier molecular flexibility index (Phi) is 6.07. The molecule has 2 saturated heterocycles. The summed E-state index contributed by atoms with van der Waals surface area (Å²) in [6.07, 6.45) is 7.90. The predicted molar refractivity (Wildman–Crippen MR) is 107 cm³/mol. The Balaban J connectivity index is 1.41. The smallest absolute Gasteiger partial charge is 0.134 e. The molecule has 8 nitrogen and oxygen atoms in total. The van der Waals surface area contributed by atoms with Gasteiger partial charge in [-0.25, -0.2) is 9.97 Å². The molecule has 3 unspecified atom stereocenters. The lowest BCUT2D eigenvalue weighted by atomic mass is 9.94. The van der Waals surface area contributed by atoms with Gasteiger partial charge in [0.05, 0.1) is 31.4 Å². The first kappa shape index (κ1) is 19.1. The van der Waals surface area contributed by atoms with E-state index < -0.39 is 0 Å². The van der Waals surface area contributed by atoms with Crippen molar-refractivity contribution in [3.8, 4) is 0 Å². The van der Waals surface area contributed by atoms with Crippen LogP contribution in [0.4, 0.5) is 11.6 Å². The number of nitrogens with one attached hydrogen (secondary N) is 1. The second kappa shape index (κ2) is 8.87. The highest BCUT2D eigenvalue weighted by Gasteiger charge is 2.29. The van der Waals surface area contributed by atoms with Crippen LogP contribution in [-0.2, 0) is 16.0 Å². The number of morpholine rings is 1. The summed E-state index contributed by atoms with van der Waals surface area (Å²) in [7, 11) is 0. The van der Waals surface area contributed by atoms with Crippen molar-refractivity contribution in [3.05, 3.63) is 30.9 Å². The average Bonchev–Trinajstić information content (AvgIpc) is 3.22. The largest absolute Gasteiger partial charge is 0.376 e. The van der Waals surface area contributed by atoms with E-state index in [1.807, 2.05) is 23.0 Å². The summed E-state index contributed by atoms with van der Waals surface area (Å²) < 4.78 is 13.8. The fourth-order valence-corrected chi connectivity index (χ4v) is 4.06. The van der Waals surface area contributed by atoms with E-state index in [1.165, 1.54) is 0 Å². The van der Waals surface area contributed by atoms with E-state index in [2.05, 4.69) is 39.1 Å². The molecule has 0 bridgehead atoms. The van der Waals surface area contributed by atoms with E-state index in [4.69, 9.17) is 9.47 Å². The summed E-state index contributed by atoms with van der Waals surface area (Å²) in [6.45, 7) is 8.32. The quantitative estimate of drug-likeness (QED) is 0.815. The zero-order chi connectivity index (χ0) is 19.3. The monoisotopic (exact) mass is 386 g/mol. The van der Waals surface area contributed by atoms with Gasteiger partial charge >= 0.3 is 0 Å². The van der Waals surface area contributed by atoms with Crippen LogP contribution in [0.15, 0.2) is 30.9 Å². The minimum Gasteiger partial charge on any atom is -0.376 e. The highest BCUT2D eigenvalue weighted by molar-refractivity contribution is 5.49. The lowest BCUT2D eigenvalue weighted by Gasteiger charge is -2.36. The fraction of sp³-hybridized carbons (Fsp3) is 0.650. The van der Waals surface area contributed by atoms with Crippen molar-refractivity contribution in [3.63, 3.8) is 0 Å². The van der Waals surface area contributed by atoms with E-state index in [-0.39, 0.29) is 18.2 Å². The van der Waals surface area contributed by atoms with E-state index >= 15 is 0 Å². The van der Waals surface area contributed by atoms with Gasteiger partial charge < -0.3 is 19.7 Å². The van der Waals surface area contributed by atoms with Crippen molar-refractivity contribution >= 4 is 11.6 Å². The third kappa shape index (κ3) is 4.62. The topological polar surface area (TPSA) is 77.3 Å². The lowest BCUT2D eigenvalue weighted by Crippen LogP contribution is -2.45. The maximum Gasteiger partial charge on any atom is 0.134 e. The Hall–Kier alpha value is -2.19. The zero-order valence-corrected chi connectivity index (χ0v) is 16.7. The van der Waals surface area contributed by atoms with Crippen LogP contribution in [-0.4, -0.2) is 64.3 Å². The number of nitrogens with zero attached hydrogens (tertiary/aromatic N) is 5. The molecule has 3 atom stereocenters. The molecule has 0 aliphatic carbocycles. The molecular formula is C20H30N6O2. The van der Waals surface area contributed by atoms with E-state index in [1.54, 1.807) is 12.5 Å². The van der Waals surface area contributed by atoms with Crippen molar-refractivity contribution in [2.24, 2.45) is 5.92 Å². The van der Waals surface area contributed by atoms with Crippen LogP contribution in [0.25, 0.3) is 0 Å². The molecule has 2 fully saturated rings. The predicted octanol–water partition coefficient (Wildman–Crippen LogP) is 2.19. The first-order valence-electron chi connectivity index (χ1n) is 10.2. The molecule has 1 N–H and O–H groups in total. The molecule has 0 radical (unpaired) electrons. The highest BCUT2D eigenvalue weighted by atomic mass is 16.5. The molecule has 0 amide bonds. The minimum absolute atomic E-state index is 0.0945. The Bertz CT molecular complexity index is 738. The number of anilines is 2. The van der Waals surface area contributed by atoms with Crippen LogP contribution in [0.1, 0.15) is 26.7 Å². The van der Waals surface area contributed by atoms with Crippen molar-refractivity contribution < 1.29 is 9.47 Å². The van der Waals surface area contributed by atoms with Crippen molar-refractivity contribution in [2.45, 2.75) is 51.5 Å². The first-order valence-corrected chi connectivity index (χ1v) is 10.2. The van der Waals surface area contributed by atoms with Crippen molar-refractivity contribution in [1.29, 1.82) is 0 Å². The molecule has 0 spiro atoms. The van der Waals surface area contributed by atoms with Gasteiger partial charge in [0.15, 0.2) is 0 Å². The molecule has 2 aliphatic rings. The second-order valence-electron chi connectivity index (χ2n) is 7.90. The molecule has 2 aliphatic heterocycles. The Morgan fingerprint density at radius 1 is 1.25 bits per heavy atom. The molecule has 2 aromatic heterocycles. The van der Waals surface area contributed by atoms with Gasteiger partial charge in [0, 0.05) is 38.2 Å². The van der Waals surface area contributed by atoms with E-state index in [9.17, 15) is 0 Å². The number of ether oxygens (including phenoxy) is 2. The maximum atomic E-state index is 5.99. The van der Waals surface area contributed by atoms with Gasteiger partial charge in [0.2, 0.25) is 0 Å². The van der Waals surface area contributed by atoms with Crippen LogP contribution in [0.2, 0.25) is 0 Å². The lowest BCUT2D eigenvalue weighted by molar-refractivity contribution is -0.0203. The SMILES string of the molecule is CC(C)C1OCCCC1Nc1cc(N2CCOC(Cn3cccn3)C2)ncn1. The molecule has 0 aromatic carbocycles. The van der Waals surface area contributed by atoms with Crippen molar-refractivity contribution in [2.75, 3.05) is 36.5 Å². The molecule has 4 rings (SSSR count). The van der Waals surface area contributed by atoms with Gasteiger partial charge in [-0.15, -0.1) is 0 Å². The summed E-state index contributed by atoms with van der Waals surface area (Å²) >= 11 is 0. The van der Waals surface area contributed by atoms with Crippen LogP contribution in [0, 0.1) is 5.92 Å². The van der Waals surface area contributed by atoms with Gasteiger partial charge in [-0.05, 0) is 24.8 Å². The highest BCUT2D eigenvalue weighted by Crippen LogP contribution is 2.25. The Morgan fingerprint density at radius 3 is 3.00 bits per heavy atom. The standard InChI is InChI=1S/C20H30N6O2/c1-15(2)20-17(5-3-9-28-20)24-18-11-19(22-14-21-18)25-8-10-27-16(12-25)13-26-7-4-6-23-26/h4,6-7,11,14-17,20H,3,5,8-10,12-13H2,1-2H3,(H,21,22,24). The number of rotatable bonds is 6. The van der Waals surface area contributed by atoms with Gasteiger partial charge in [-0.2, -0.15) is 5.10 Å². The summed E-state index contributed by atoms with van der Waals surface area (Å²) in [5, 5.41) is 7.87. The van der Waals surface area contributed by atoms with E-state index in [0.29, 0.717) is 12.5 Å². The van der Waals surface area contributed by atoms with Crippen LogP contribution >= 0.6 is 0 Å². The Labute approximate surface area is 166 Å². The number of hydrogen-bond donors (Lipinski definition) is 1. The third-order valence-electron chi connectivity index (χ3n) is 5.42. The molecule has 4 heterocycles. The normalized spacial score (nSPS) is 25.8. The van der Waals surface area contributed by atoms with E-state index in [0.717, 1.165) is 50.7 Å². The van der Waals surface area contributed by atoms with Crippen LogP contribution < -0.4 is 10.2 Å². The maximum absolute atomic E-state index is 5.99. The second-order valence-corrected chi connectivity index (χ2v) is 7.90. The van der Waals surface area contributed by atoms with Gasteiger partial charge in [-0.1, -0.05) is 13.8 Å². The number of hydrogen-bond acceptors (Lipinski definition) is 7. The van der Waals surface area contributed by atoms with Gasteiger partial charge in [-0.3, -0.25) is 4.68 Å². The van der Waals surface area contributed by atoms with Gasteiger partial charge in [0.25, 0.3) is 0 Å². The molecule has 8 heteroatoms. The minimum atomic E-state index is 0.0945. The molecule has 28 heavy (non-hydrogen) atoms. The third-order valence-corrected chi connectivity index (χ3v) is 5.42. The summed E-state index contributed by atoms with van der Waals surface area (Å²) in [5.74, 6) is 2.27. The molecule has 152 valence electrons. The Morgan fingerprint density at radius 2 is 2.18 bits per heavy atom. The van der Waals surface area contributed by atoms with Crippen LogP contribution in [0.5, 0.6) is 0 Å². The molecular weight excluding hydrogens is 356 g/mol. The zero-order valence-electron chi connectivity index (χ0n) is 16.7. The fourth-order valence-electron chi connectivity index (χ4n) is 4.06. The molecule has 2 aromatic rings. The summed E-state index contributed by atoms with van der Waals surface area (Å²) in [5.41, 5.74) is 0. The average molecular weight is 387 g/mol. The van der Waals surface area contributed by atoms with Crippen molar-refractivity contribution in [1.82, 2.24) is 19.7 Å². The first-order chi connectivity index (χ1) is 13.7. The summed E-state index contributed by atoms with van der Waals surface area (Å²) in [6, 6.07) is 4.26. The number of aromatic nitrogens is 4. The van der Waals surface area contributed by atoms with Gasteiger partial charge in [0.1, 0.15) is 18.0 Å².